The fourth-order valence-corrected chi connectivity index (χ4v) is 2.69. The first-order valence-corrected chi connectivity index (χ1v) is 6.93. The molecule has 120 valence electrons. The molecule has 1 aromatic carbocycles. The molecule has 0 saturated heterocycles. The first-order valence-electron chi connectivity index (χ1n) is 6.93. The molecule has 2 aromatic rings. The minimum absolute atomic E-state index is 0.241. The zero-order valence-corrected chi connectivity index (χ0v) is 12.3. The molecule has 0 radical (unpaired) electrons. The number of pyridine rings is 1. The number of amides is 1. The molecule has 3 N–H and O–H groups in total. The molecule has 8 nitrogen and oxygen atoms in total. The van der Waals surface area contributed by atoms with Crippen molar-refractivity contribution in [2.75, 3.05) is 13.2 Å². The summed E-state index contributed by atoms with van der Waals surface area (Å²) in [7, 11) is 0. The Kier molecular flexibility index (Phi) is 3.44. The summed E-state index contributed by atoms with van der Waals surface area (Å²) in [5.41, 5.74) is 0.116. The summed E-state index contributed by atoms with van der Waals surface area (Å²) >= 11 is 0. The van der Waals surface area contributed by atoms with Gasteiger partial charge in [0.2, 0.25) is 0 Å². The maximum absolute atomic E-state index is 12.6. The van der Waals surface area contributed by atoms with Crippen LogP contribution in [0.4, 0.5) is 0 Å². The standard InChI is InChI=1S/C15H14N2O6/c1-7-2-3-8-11-13(7)23-5-4-17(11)15(22)10(12(8)20)14(21)16-6-9(18)19/h2-3,20H,4-6H2,1H3,(H,16,21)(H,18,19). The number of benzene rings is 1. The van der Waals surface area contributed by atoms with Crippen molar-refractivity contribution in [2.24, 2.45) is 0 Å². The van der Waals surface area contributed by atoms with Crippen LogP contribution in [-0.4, -0.2) is 39.8 Å². The van der Waals surface area contributed by atoms with Crippen molar-refractivity contribution in [3.63, 3.8) is 0 Å². The maximum atomic E-state index is 12.6. The molecule has 0 atom stereocenters. The Balaban J connectivity index is 2.26. The van der Waals surface area contributed by atoms with Crippen molar-refractivity contribution >= 4 is 22.8 Å². The topological polar surface area (TPSA) is 118 Å². The highest BCUT2D eigenvalue weighted by atomic mass is 16.5. The lowest BCUT2D eigenvalue weighted by Crippen LogP contribution is -2.37. The van der Waals surface area contributed by atoms with Gasteiger partial charge in [0.05, 0.1) is 12.1 Å². The number of nitrogens with one attached hydrogen (secondary N) is 1. The van der Waals surface area contributed by atoms with E-state index in [1.54, 1.807) is 12.1 Å². The van der Waals surface area contributed by atoms with Crippen LogP contribution >= 0.6 is 0 Å². The zero-order valence-electron chi connectivity index (χ0n) is 12.3. The Morgan fingerprint density at radius 3 is 2.83 bits per heavy atom. The number of hydrogen-bond donors (Lipinski definition) is 3. The minimum atomic E-state index is -1.24. The van der Waals surface area contributed by atoms with Crippen LogP contribution in [0.25, 0.3) is 10.9 Å². The zero-order chi connectivity index (χ0) is 16.7. The molecule has 23 heavy (non-hydrogen) atoms. The van der Waals surface area contributed by atoms with Crippen LogP contribution in [0.2, 0.25) is 0 Å². The van der Waals surface area contributed by atoms with Crippen LogP contribution in [0.3, 0.4) is 0 Å². The number of carbonyl (C=O) groups is 2. The molecular weight excluding hydrogens is 304 g/mol. The van der Waals surface area contributed by atoms with Gasteiger partial charge in [0.25, 0.3) is 11.5 Å². The molecule has 1 aliphatic rings. The average Bonchev–Trinajstić information content (AvgIpc) is 2.52. The first-order chi connectivity index (χ1) is 10.9. The lowest BCUT2D eigenvalue weighted by Gasteiger charge is -2.23. The van der Waals surface area contributed by atoms with Crippen LogP contribution < -0.4 is 15.6 Å². The number of carboxylic acids is 1. The smallest absolute Gasteiger partial charge is 0.322 e. The van der Waals surface area contributed by atoms with E-state index in [9.17, 15) is 19.5 Å². The van der Waals surface area contributed by atoms with E-state index in [1.807, 2.05) is 6.92 Å². The predicted octanol–water partition coefficient (Wildman–Crippen LogP) is 0.222. The summed E-state index contributed by atoms with van der Waals surface area (Å²) in [4.78, 5) is 35.2. The molecule has 0 spiro atoms. The number of carbonyl (C=O) groups excluding carboxylic acids is 1. The number of carboxylic acid groups (broad SMARTS) is 1. The van der Waals surface area contributed by atoms with Gasteiger partial charge in [-0.2, -0.15) is 0 Å². The van der Waals surface area contributed by atoms with E-state index >= 15 is 0 Å². The van der Waals surface area contributed by atoms with Crippen LogP contribution in [0.5, 0.6) is 11.5 Å². The van der Waals surface area contributed by atoms with E-state index in [4.69, 9.17) is 9.84 Å². The van der Waals surface area contributed by atoms with Gasteiger partial charge in [0.1, 0.15) is 30.2 Å². The average molecular weight is 318 g/mol. The number of aliphatic carboxylic acids is 1. The highest BCUT2D eigenvalue weighted by Gasteiger charge is 2.26. The van der Waals surface area contributed by atoms with E-state index in [0.717, 1.165) is 5.56 Å². The third kappa shape index (κ3) is 2.28. The molecule has 0 saturated carbocycles. The lowest BCUT2D eigenvalue weighted by atomic mass is 10.0. The highest BCUT2D eigenvalue weighted by Crippen LogP contribution is 2.36. The van der Waals surface area contributed by atoms with E-state index in [2.05, 4.69) is 5.32 Å². The monoisotopic (exact) mass is 318 g/mol. The number of rotatable bonds is 3. The van der Waals surface area contributed by atoms with Crippen LogP contribution in [0, 0.1) is 6.92 Å². The number of aryl methyl sites for hydroxylation is 1. The van der Waals surface area contributed by atoms with Crippen LogP contribution in [-0.2, 0) is 11.3 Å². The summed E-state index contributed by atoms with van der Waals surface area (Å²) in [6.45, 7) is 1.69. The van der Waals surface area contributed by atoms with E-state index in [0.29, 0.717) is 16.7 Å². The largest absolute Gasteiger partial charge is 0.506 e. The number of aromatic hydroxyl groups is 1. The SMILES string of the molecule is Cc1ccc2c(O)c(C(=O)NCC(=O)O)c(=O)n3c2c1OCC3. The quantitative estimate of drug-likeness (QED) is 0.745. The fraction of sp³-hybridized carbons (Fsp3) is 0.267. The molecule has 1 aromatic heterocycles. The summed E-state index contributed by atoms with van der Waals surface area (Å²) in [5, 5.41) is 21.4. The van der Waals surface area contributed by atoms with Crippen molar-refractivity contribution in [1.29, 1.82) is 0 Å². The Bertz CT molecular complexity index is 899. The first kappa shape index (κ1) is 14.9. The van der Waals surface area contributed by atoms with Crippen molar-refractivity contribution in [3.8, 4) is 11.5 Å². The normalized spacial score (nSPS) is 12.7. The van der Waals surface area contributed by atoms with Gasteiger partial charge in [-0.1, -0.05) is 6.07 Å². The molecule has 3 rings (SSSR count). The van der Waals surface area contributed by atoms with Gasteiger partial charge in [-0.3, -0.25) is 14.4 Å². The second-order valence-corrected chi connectivity index (χ2v) is 5.21. The van der Waals surface area contributed by atoms with E-state index in [-0.39, 0.29) is 13.2 Å². The minimum Gasteiger partial charge on any atom is -0.506 e. The molecule has 1 amide bonds. The summed E-state index contributed by atoms with van der Waals surface area (Å²) < 4.78 is 6.94. The van der Waals surface area contributed by atoms with Gasteiger partial charge in [-0.25, -0.2) is 0 Å². The molecule has 0 fully saturated rings. The van der Waals surface area contributed by atoms with Crippen molar-refractivity contribution in [2.45, 2.75) is 13.5 Å². The predicted molar refractivity (Wildman–Crippen MR) is 80.1 cm³/mol. The van der Waals surface area contributed by atoms with E-state index < -0.39 is 35.3 Å². The van der Waals surface area contributed by atoms with Crippen molar-refractivity contribution < 1.29 is 24.5 Å². The molecule has 1 aliphatic heterocycles. The lowest BCUT2D eigenvalue weighted by molar-refractivity contribution is -0.135. The Labute approximate surface area is 129 Å². The fourth-order valence-electron chi connectivity index (χ4n) is 2.69. The molecule has 2 heterocycles. The number of nitrogens with zero attached hydrogens (tertiary/aromatic N) is 1. The number of ether oxygens (including phenoxy) is 1. The number of aromatic nitrogens is 1. The second-order valence-electron chi connectivity index (χ2n) is 5.21. The second kappa shape index (κ2) is 5.31. The van der Waals surface area contributed by atoms with Crippen LogP contribution in [0.1, 0.15) is 15.9 Å². The van der Waals surface area contributed by atoms with Gasteiger partial charge >= 0.3 is 5.97 Å². The van der Waals surface area contributed by atoms with Crippen molar-refractivity contribution in [1.82, 2.24) is 9.88 Å². The highest BCUT2D eigenvalue weighted by molar-refractivity contribution is 6.04. The Morgan fingerprint density at radius 1 is 1.39 bits per heavy atom. The molecule has 8 heteroatoms. The molecule has 0 bridgehead atoms. The maximum Gasteiger partial charge on any atom is 0.322 e. The van der Waals surface area contributed by atoms with Crippen LogP contribution in [0.15, 0.2) is 16.9 Å². The Morgan fingerprint density at radius 2 is 2.13 bits per heavy atom. The molecular formula is C15H14N2O6. The number of hydrogen-bond acceptors (Lipinski definition) is 5. The molecule has 0 aliphatic carbocycles. The van der Waals surface area contributed by atoms with Gasteiger partial charge in [-0.15, -0.1) is 0 Å². The van der Waals surface area contributed by atoms with Gasteiger partial charge in [0, 0.05) is 5.39 Å². The van der Waals surface area contributed by atoms with Gasteiger partial charge in [0.15, 0.2) is 0 Å². The van der Waals surface area contributed by atoms with Crippen molar-refractivity contribution in [3.05, 3.63) is 33.6 Å². The van der Waals surface area contributed by atoms with Gasteiger partial charge < -0.3 is 24.8 Å². The third-order valence-electron chi connectivity index (χ3n) is 3.74. The molecule has 0 unspecified atom stereocenters. The summed E-state index contributed by atoms with van der Waals surface area (Å²) in [6.07, 6.45) is 0. The van der Waals surface area contributed by atoms with E-state index in [1.165, 1.54) is 4.57 Å². The Hall–Kier alpha value is -3.03. The summed E-state index contributed by atoms with van der Waals surface area (Å²) in [5.74, 6) is -2.14. The third-order valence-corrected chi connectivity index (χ3v) is 3.74. The van der Waals surface area contributed by atoms with Gasteiger partial charge in [-0.05, 0) is 18.6 Å². The summed E-state index contributed by atoms with van der Waals surface area (Å²) in [6, 6.07) is 3.32.